The number of nitrogens with one attached hydrogen (secondary N) is 1. The number of rotatable bonds is 5. The summed E-state index contributed by atoms with van der Waals surface area (Å²) in [6.07, 6.45) is 0.0325. The minimum atomic E-state index is -1.42. The van der Waals surface area contributed by atoms with Crippen molar-refractivity contribution in [1.82, 2.24) is 15.1 Å². The zero-order valence-electron chi connectivity index (χ0n) is 15.3. The number of aliphatic carboxylic acids is 2. The maximum Gasteiger partial charge on any atom is 0.408 e. The molecule has 11 heteroatoms. The summed E-state index contributed by atoms with van der Waals surface area (Å²) in [7, 11) is 0. The van der Waals surface area contributed by atoms with Crippen LogP contribution in [0.2, 0.25) is 0 Å². The highest BCUT2D eigenvalue weighted by Crippen LogP contribution is 2.33. The maximum absolute atomic E-state index is 12.6. The molecular formula is C16H23N3O8. The van der Waals surface area contributed by atoms with Crippen LogP contribution in [0.25, 0.3) is 0 Å². The number of carbonyl (C=O) groups excluding carboxylic acids is 3. The number of amides is 3. The number of carbonyl (C=O) groups is 5. The van der Waals surface area contributed by atoms with Gasteiger partial charge in [0.25, 0.3) is 0 Å². The van der Waals surface area contributed by atoms with Crippen LogP contribution >= 0.6 is 0 Å². The van der Waals surface area contributed by atoms with E-state index in [4.69, 9.17) is 14.9 Å². The fourth-order valence-corrected chi connectivity index (χ4v) is 3.07. The zero-order chi connectivity index (χ0) is 20.5. The molecule has 3 amide bonds. The number of likely N-dealkylation sites (tertiary alicyclic amines) is 1. The van der Waals surface area contributed by atoms with Crippen LogP contribution in [0, 0.1) is 0 Å². The molecule has 2 aliphatic heterocycles. The van der Waals surface area contributed by atoms with E-state index in [9.17, 15) is 24.0 Å². The lowest BCUT2D eigenvalue weighted by Crippen LogP contribution is -2.48. The first-order chi connectivity index (χ1) is 12.4. The molecule has 2 fully saturated rings. The van der Waals surface area contributed by atoms with E-state index in [0.717, 1.165) is 4.90 Å². The summed E-state index contributed by atoms with van der Waals surface area (Å²) in [4.78, 5) is 60.8. The predicted octanol–water partition coefficient (Wildman–Crippen LogP) is -0.749. The fourth-order valence-electron chi connectivity index (χ4n) is 3.07. The Morgan fingerprint density at radius 1 is 1.07 bits per heavy atom. The van der Waals surface area contributed by atoms with E-state index >= 15 is 0 Å². The highest BCUT2D eigenvalue weighted by Gasteiger charge is 2.62. The Morgan fingerprint density at radius 2 is 1.63 bits per heavy atom. The largest absolute Gasteiger partial charge is 0.480 e. The van der Waals surface area contributed by atoms with Gasteiger partial charge in [0, 0.05) is 6.54 Å². The molecule has 0 bridgehead atoms. The summed E-state index contributed by atoms with van der Waals surface area (Å²) in [5.74, 6) is -4.05. The number of alkyl carbamates (subject to hydrolysis) is 1. The van der Waals surface area contributed by atoms with Crippen LogP contribution in [0.5, 0.6) is 0 Å². The topological polar surface area (TPSA) is 153 Å². The predicted molar refractivity (Wildman–Crippen MR) is 88.7 cm³/mol. The van der Waals surface area contributed by atoms with Crippen molar-refractivity contribution in [2.24, 2.45) is 0 Å². The highest BCUT2D eigenvalue weighted by atomic mass is 16.6. The van der Waals surface area contributed by atoms with Gasteiger partial charge in [0.15, 0.2) is 12.1 Å². The molecule has 3 atom stereocenters. The molecular weight excluding hydrogens is 362 g/mol. The third-order valence-corrected chi connectivity index (χ3v) is 4.21. The second-order valence-electron chi connectivity index (χ2n) is 7.41. The molecule has 150 valence electrons. The summed E-state index contributed by atoms with van der Waals surface area (Å²) in [6, 6.07) is -3.79. The average molecular weight is 385 g/mol. The van der Waals surface area contributed by atoms with Crippen molar-refractivity contribution in [3.8, 4) is 0 Å². The van der Waals surface area contributed by atoms with Gasteiger partial charge in [0.2, 0.25) is 11.8 Å². The van der Waals surface area contributed by atoms with Gasteiger partial charge in [0.1, 0.15) is 18.2 Å². The first kappa shape index (κ1) is 20.5. The van der Waals surface area contributed by atoms with E-state index in [-0.39, 0.29) is 13.1 Å². The Hall–Kier alpha value is -2.85. The first-order valence-electron chi connectivity index (χ1n) is 8.48. The summed E-state index contributed by atoms with van der Waals surface area (Å²) < 4.78 is 5.03. The fraction of sp³-hybridized carbons (Fsp3) is 0.688. The molecule has 0 aromatic heterocycles. The molecule has 2 heterocycles. The molecule has 2 saturated heterocycles. The van der Waals surface area contributed by atoms with Gasteiger partial charge >= 0.3 is 18.0 Å². The van der Waals surface area contributed by atoms with Gasteiger partial charge in [-0.2, -0.15) is 0 Å². The molecule has 0 aliphatic carbocycles. The highest BCUT2D eigenvalue weighted by molar-refractivity contribution is 6.02. The molecule has 3 N–H and O–H groups in total. The van der Waals surface area contributed by atoms with Crippen LogP contribution in [0.4, 0.5) is 4.79 Å². The van der Waals surface area contributed by atoms with Crippen molar-refractivity contribution in [3.63, 3.8) is 0 Å². The van der Waals surface area contributed by atoms with Crippen LogP contribution in [0.3, 0.4) is 0 Å². The standard InChI is InChI=1S/C16H23N3O8/c1-16(2,3)27-15(26)17-7-9(20)18-6-4-5-8(18)12(21)19-10(13(22)23)11(19)14(24)25/h8,10-11H,4-7H2,1-3H3,(H,17,26)(H,22,23)(H,24,25)/t8-,10-,11-/m0/s1. The lowest BCUT2D eigenvalue weighted by atomic mass is 10.2. The number of carboxylic acids is 2. The van der Waals surface area contributed by atoms with Crippen molar-refractivity contribution < 1.29 is 38.9 Å². The monoisotopic (exact) mass is 385 g/mol. The van der Waals surface area contributed by atoms with E-state index in [2.05, 4.69) is 5.32 Å². The summed E-state index contributed by atoms with van der Waals surface area (Å²) >= 11 is 0. The number of nitrogens with zero attached hydrogens (tertiary/aromatic N) is 2. The first-order valence-corrected chi connectivity index (χ1v) is 8.48. The second-order valence-corrected chi connectivity index (χ2v) is 7.41. The van der Waals surface area contributed by atoms with Crippen molar-refractivity contribution in [3.05, 3.63) is 0 Å². The zero-order valence-corrected chi connectivity index (χ0v) is 15.3. The number of hydrogen-bond acceptors (Lipinski definition) is 6. The van der Waals surface area contributed by atoms with E-state index in [1.165, 1.54) is 4.90 Å². The molecule has 0 saturated carbocycles. The Morgan fingerprint density at radius 3 is 2.11 bits per heavy atom. The van der Waals surface area contributed by atoms with Crippen LogP contribution in [0.1, 0.15) is 33.6 Å². The van der Waals surface area contributed by atoms with Crippen molar-refractivity contribution in [2.75, 3.05) is 13.1 Å². The van der Waals surface area contributed by atoms with Gasteiger partial charge < -0.3 is 30.1 Å². The van der Waals surface area contributed by atoms with E-state index in [0.29, 0.717) is 12.8 Å². The van der Waals surface area contributed by atoms with Crippen molar-refractivity contribution in [2.45, 2.75) is 57.3 Å². The van der Waals surface area contributed by atoms with Crippen LogP contribution < -0.4 is 5.32 Å². The van der Waals surface area contributed by atoms with E-state index in [1.807, 2.05) is 0 Å². The summed E-state index contributed by atoms with van der Waals surface area (Å²) in [6.45, 7) is 4.89. The van der Waals surface area contributed by atoms with E-state index < -0.39 is 53.6 Å². The van der Waals surface area contributed by atoms with Gasteiger partial charge in [-0.25, -0.2) is 14.4 Å². The third-order valence-electron chi connectivity index (χ3n) is 4.21. The van der Waals surface area contributed by atoms with Crippen molar-refractivity contribution in [1.29, 1.82) is 0 Å². The van der Waals surface area contributed by atoms with Gasteiger partial charge in [-0.15, -0.1) is 0 Å². The molecule has 2 aliphatic rings. The average Bonchev–Trinajstić information content (AvgIpc) is 3.11. The van der Waals surface area contributed by atoms with Gasteiger partial charge in [-0.1, -0.05) is 0 Å². The molecule has 0 spiro atoms. The molecule has 0 unspecified atom stereocenters. The van der Waals surface area contributed by atoms with Crippen LogP contribution in [0.15, 0.2) is 0 Å². The molecule has 0 aromatic rings. The Kier molecular flexibility index (Phi) is 5.62. The molecule has 0 aromatic carbocycles. The quantitative estimate of drug-likeness (QED) is 0.523. The number of hydrogen-bond donors (Lipinski definition) is 3. The molecule has 2 rings (SSSR count). The normalized spacial score (nSPS) is 24.3. The molecule has 0 radical (unpaired) electrons. The van der Waals surface area contributed by atoms with Gasteiger partial charge in [-0.05, 0) is 33.6 Å². The summed E-state index contributed by atoms with van der Waals surface area (Å²) in [5, 5.41) is 20.4. The van der Waals surface area contributed by atoms with Gasteiger partial charge in [-0.3, -0.25) is 9.59 Å². The Labute approximate surface area is 155 Å². The smallest absolute Gasteiger partial charge is 0.408 e. The van der Waals surface area contributed by atoms with E-state index in [1.54, 1.807) is 20.8 Å². The third kappa shape index (κ3) is 4.66. The number of carboxylic acid groups (broad SMARTS) is 2. The second kappa shape index (κ2) is 7.41. The minimum absolute atomic E-state index is 0.258. The lowest BCUT2D eigenvalue weighted by Gasteiger charge is -2.25. The Bertz CT molecular complexity index is 651. The maximum atomic E-state index is 12.6. The van der Waals surface area contributed by atoms with Gasteiger partial charge in [0.05, 0.1) is 0 Å². The lowest BCUT2D eigenvalue weighted by molar-refractivity contribution is -0.144. The van der Waals surface area contributed by atoms with Crippen LogP contribution in [-0.2, 0) is 23.9 Å². The van der Waals surface area contributed by atoms with Crippen LogP contribution in [-0.4, -0.2) is 86.7 Å². The molecule has 11 nitrogen and oxygen atoms in total. The molecule has 27 heavy (non-hydrogen) atoms. The minimum Gasteiger partial charge on any atom is -0.480 e. The Balaban J connectivity index is 1.97. The number of ether oxygens (including phenoxy) is 1. The van der Waals surface area contributed by atoms with Crippen molar-refractivity contribution >= 4 is 29.8 Å². The SMILES string of the molecule is CC(C)(C)OC(=O)NCC(=O)N1CCC[C@H]1C(=O)N1[C@H](C(=O)O)[C@H]1C(=O)O. The summed E-state index contributed by atoms with van der Waals surface area (Å²) in [5.41, 5.74) is -0.726.